The van der Waals surface area contributed by atoms with Gasteiger partial charge in [0, 0.05) is 0 Å². The Hall–Kier alpha value is -0.650. The molecule has 0 fully saturated rings. The van der Waals surface area contributed by atoms with Crippen LogP contribution in [-0.2, 0) is 19.0 Å². The summed E-state index contributed by atoms with van der Waals surface area (Å²) >= 11 is 0. The quantitative estimate of drug-likeness (QED) is 0.446. The van der Waals surface area contributed by atoms with Crippen molar-refractivity contribution in [3.8, 4) is 0 Å². The average molecular weight is 206 g/mol. The summed E-state index contributed by atoms with van der Waals surface area (Å²) in [6.07, 6.45) is -0.562. The van der Waals surface area contributed by atoms with Crippen LogP contribution in [-0.4, -0.2) is 50.2 Å². The van der Waals surface area contributed by atoms with Gasteiger partial charge < -0.3 is 19.3 Å². The fourth-order valence-electron chi connectivity index (χ4n) is 0.778. The van der Waals surface area contributed by atoms with E-state index >= 15 is 0 Å². The topological polar surface area (TPSA) is 65.0 Å². The van der Waals surface area contributed by atoms with Gasteiger partial charge in [0.25, 0.3) is 0 Å². The van der Waals surface area contributed by atoms with E-state index in [0.717, 1.165) is 0 Å². The van der Waals surface area contributed by atoms with E-state index in [1.54, 1.807) is 13.8 Å². The highest BCUT2D eigenvalue weighted by atomic mass is 16.6. The van der Waals surface area contributed by atoms with Crippen molar-refractivity contribution in [2.45, 2.75) is 20.0 Å². The number of carbonyl (C=O) groups excluding carboxylic acids is 1. The third-order valence-electron chi connectivity index (χ3n) is 1.45. The maximum Gasteiger partial charge on any atom is 0.334 e. The van der Waals surface area contributed by atoms with Crippen molar-refractivity contribution in [1.29, 1.82) is 0 Å². The molecule has 5 nitrogen and oxygen atoms in total. The normalized spacial score (nSPS) is 12.5. The van der Waals surface area contributed by atoms with Crippen LogP contribution in [0.1, 0.15) is 13.8 Å². The number of ether oxygens (including phenoxy) is 3. The second-order valence-corrected chi connectivity index (χ2v) is 2.60. The second-order valence-electron chi connectivity index (χ2n) is 2.60. The summed E-state index contributed by atoms with van der Waals surface area (Å²) in [6.45, 7) is 4.70. The van der Waals surface area contributed by atoms with Gasteiger partial charge in [-0.3, -0.25) is 0 Å². The molecule has 0 aliphatic heterocycles. The molecule has 14 heavy (non-hydrogen) atoms. The van der Waals surface area contributed by atoms with Crippen molar-refractivity contribution in [2.75, 3.05) is 33.0 Å². The van der Waals surface area contributed by atoms with E-state index in [-0.39, 0.29) is 19.2 Å². The summed E-state index contributed by atoms with van der Waals surface area (Å²) in [5.41, 5.74) is 0. The first-order valence-electron chi connectivity index (χ1n) is 4.69. The molecule has 0 aliphatic carbocycles. The molecule has 0 aliphatic rings. The lowest BCUT2D eigenvalue weighted by atomic mass is 10.4. The molecule has 0 amide bonds. The highest BCUT2D eigenvalue weighted by Crippen LogP contribution is 1.94. The third kappa shape index (κ3) is 6.82. The van der Waals surface area contributed by atoms with Crippen LogP contribution in [0, 0.1) is 0 Å². The Morgan fingerprint density at radius 2 is 2.07 bits per heavy atom. The maximum absolute atomic E-state index is 11.0. The highest BCUT2D eigenvalue weighted by Gasteiger charge is 2.13. The minimum Gasteiger partial charge on any atom is -0.464 e. The van der Waals surface area contributed by atoms with Gasteiger partial charge in [-0.15, -0.1) is 0 Å². The molecule has 1 N–H and O–H groups in total. The lowest BCUT2D eigenvalue weighted by molar-refractivity contribution is -0.156. The second kappa shape index (κ2) is 8.93. The van der Waals surface area contributed by atoms with Gasteiger partial charge >= 0.3 is 5.97 Å². The first-order chi connectivity index (χ1) is 6.72. The van der Waals surface area contributed by atoms with Crippen LogP contribution in [0.2, 0.25) is 0 Å². The van der Waals surface area contributed by atoms with Crippen molar-refractivity contribution in [3.05, 3.63) is 0 Å². The van der Waals surface area contributed by atoms with Crippen LogP contribution in [0.3, 0.4) is 0 Å². The summed E-state index contributed by atoms with van der Waals surface area (Å²) in [5, 5.41) is 8.39. The highest BCUT2D eigenvalue weighted by molar-refractivity contribution is 5.74. The van der Waals surface area contributed by atoms with Gasteiger partial charge in [0.1, 0.15) is 0 Å². The Morgan fingerprint density at radius 3 is 2.64 bits per heavy atom. The van der Waals surface area contributed by atoms with E-state index in [1.165, 1.54) is 0 Å². The van der Waals surface area contributed by atoms with Crippen molar-refractivity contribution >= 4 is 5.97 Å². The molecule has 0 saturated carbocycles. The van der Waals surface area contributed by atoms with E-state index in [0.29, 0.717) is 19.8 Å². The summed E-state index contributed by atoms with van der Waals surface area (Å²) in [7, 11) is 0. The van der Waals surface area contributed by atoms with Gasteiger partial charge in [0.15, 0.2) is 6.10 Å². The molecular weight excluding hydrogens is 188 g/mol. The Labute approximate surface area is 84.0 Å². The summed E-state index contributed by atoms with van der Waals surface area (Å²) in [5.74, 6) is -0.366. The average Bonchev–Trinajstić information content (AvgIpc) is 2.17. The summed E-state index contributed by atoms with van der Waals surface area (Å²) in [4.78, 5) is 11.0. The van der Waals surface area contributed by atoms with Crippen LogP contribution in [0.15, 0.2) is 0 Å². The first kappa shape index (κ1) is 13.4. The molecule has 0 aromatic heterocycles. The molecule has 0 aromatic carbocycles. The number of hydrogen-bond acceptors (Lipinski definition) is 5. The lowest BCUT2D eigenvalue weighted by Gasteiger charge is -2.11. The first-order valence-corrected chi connectivity index (χ1v) is 4.69. The molecule has 5 heteroatoms. The van der Waals surface area contributed by atoms with Gasteiger partial charge in [-0.2, -0.15) is 0 Å². The van der Waals surface area contributed by atoms with Crippen molar-refractivity contribution in [1.82, 2.24) is 0 Å². The number of aliphatic hydroxyl groups is 1. The molecule has 0 spiro atoms. The zero-order valence-corrected chi connectivity index (χ0v) is 8.69. The van der Waals surface area contributed by atoms with E-state index < -0.39 is 6.10 Å². The van der Waals surface area contributed by atoms with Gasteiger partial charge in [-0.05, 0) is 13.8 Å². The Morgan fingerprint density at radius 1 is 1.36 bits per heavy atom. The van der Waals surface area contributed by atoms with E-state index in [4.69, 9.17) is 19.3 Å². The van der Waals surface area contributed by atoms with Crippen LogP contribution in [0.25, 0.3) is 0 Å². The molecule has 0 radical (unpaired) electrons. The molecule has 0 bridgehead atoms. The predicted molar refractivity (Wildman–Crippen MR) is 50.0 cm³/mol. The van der Waals surface area contributed by atoms with E-state index in [9.17, 15) is 4.79 Å². The molecule has 0 rings (SSSR count). The predicted octanol–water partition coefficient (Wildman–Crippen LogP) is -0.0365. The van der Waals surface area contributed by atoms with Gasteiger partial charge in [0.2, 0.25) is 0 Å². The number of esters is 1. The van der Waals surface area contributed by atoms with Crippen molar-refractivity contribution in [3.63, 3.8) is 0 Å². The lowest BCUT2D eigenvalue weighted by Crippen LogP contribution is -2.25. The summed E-state index contributed by atoms with van der Waals surface area (Å²) in [6, 6.07) is 0. The molecule has 1 atom stereocenters. The zero-order valence-electron chi connectivity index (χ0n) is 8.69. The molecule has 0 unspecified atom stereocenters. The molecule has 0 saturated heterocycles. The van der Waals surface area contributed by atoms with Crippen molar-refractivity contribution in [2.24, 2.45) is 0 Å². The van der Waals surface area contributed by atoms with E-state index in [2.05, 4.69) is 0 Å². The van der Waals surface area contributed by atoms with Crippen molar-refractivity contribution < 1.29 is 24.1 Å². The van der Waals surface area contributed by atoms with Gasteiger partial charge in [-0.25, -0.2) is 4.79 Å². The van der Waals surface area contributed by atoms with Crippen LogP contribution >= 0.6 is 0 Å². The molecule has 84 valence electrons. The van der Waals surface area contributed by atoms with E-state index in [1.807, 2.05) is 0 Å². The largest absolute Gasteiger partial charge is 0.464 e. The van der Waals surface area contributed by atoms with Crippen LogP contribution in [0.5, 0.6) is 0 Å². The SMILES string of the molecule is CCOC(=O)[C@H](C)OCCOCCO. The Kier molecular flexibility index (Phi) is 8.51. The zero-order chi connectivity index (χ0) is 10.8. The third-order valence-corrected chi connectivity index (χ3v) is 1.45. The number of carbonyl (C=O) groups is 1. The Bertz CT molecular complexity index is 148. The molecular formula is C9H18O5. The monoisotopic (exact) mass is 206 g/mol. The molecule has 0 heterocycles. The fourth-order valence-corrected chi connectivity index (χ4v) is 0.778. The number of aliphatic hydroxyl groups excluding tert-OH is 1. The summed E-state index contributed by atoms with van der Waals surface area (Å²) < 4.78 is 14.8. The van der Waals surface area contributed by atoms with Gasteiger partial charge in [-0.1, -0.05) is 0 Å². The standard InChI is InChI=1S/C9H18O5/c1-3-13-9(11)8(2)14-7-6-12-5-4-10/h8,10H,3-7H2,1-2H3/t8-/m0/s1. The minimum atomic E-state index is -0.562. The Balaban J connectivity index is 3.34. The number of rotatable bonds is 8. The van der Waals surface area contributed by atoms with Gasteiger partial charge in [0.05, 0.1) is 33.0 Å². The van der Waals surface area contributed by atoms with Crippen LogP contribution in [0.4, 0.5) is 0 Å². The number of hydrogen-bond donors (Lipinski definition) is 1. The fraction of sp³-hybridized carbons (Fsp3) is 0.889. The maximum atomic E-state index is 11.0. The van der Waals surface area contributed by atoms with Crippen LogP contribution < -0.4 is 0 Å². The molecule has 0 aromatic rings. The minimum absolute atomic E-state index is 0.00652. The smallest absolute Gasteiger partial charge is 0.334 e.